The first kappa shape index (κ1) is 16.0. The molecule has 1 atom stereocenters. The number of aliphatic hydroxyl groups is 1. The zero-order valence-corrected chi connectivity index (χ0v) is 12.7. The lowest BCUT2D eigenvalue weighted by Gasteiger charge is -2.14. The molecule has 0 aliphatic rings. The molecule has 1 aromatic carbocycles. The number of aromatic nitrogens is 3. The Morgan fingerprint density at radius 3 is 2.45 bits per heavy atom. The van der Waals surface area contributed by atoms with Crippen molar-refractivity contribution in [1.82, 2.24) is 20.3 Å². The van der Waals surface area contributed by atoms with Gasteiger partial charge in [-0.25, -0.2) is 4.79 Å². The molecule has 0 aliphatic carbocycles. The van der Waals surface area contributed by atoms with Gasteiger partial charge in [0.2, 0.25) is 0 Å². The van der Waals surface area contributed by atoms with E-state index >= 15 is 0 Å². The quantitative estimate of drug-likeness (QED) is 0.758. The third-order valence-corrected chi connectivity index (χ3v) is 3.27. The van der Waals surface area contributed by atoms with Crippen molar-refractivity contribution in [3.8, 4) is 5.69 Å². The van der Waals surface area contributed by atoms with Gasteiger partial charge in [0, 0.05) is 12.2 Å². The second-order valence-corrected chi connectivity index (χ2v) is 5.35. The van der Waals surface area contributed by atoms with Crippen LogP contribution in [0.25, 0.3) is 5.69 Å². The Labute approximate surface area is 129 Å². The number of rotatable bonds is 6. The predicted molar refractivity (Wildman–Crippen MR) is 83.8 cm³/mol. The van der Waals surface area contributed by atoms with Gasteiger partial charge in [-0.2, -0.15) is 15.0 Å². The van der Waals surface area contributed by atoms with Gasteiger partial charge in [0.05, 0.1) is 24.2 Å². The molecular weight excluding hydrogens is 282 g/mol. The van der Waals surface area contributed by atoms with Crippen LogP contribution in [-0.2, 0) is 0 Å². The number of amides is 2. The molecule has 0 aliphatic heterocycles. The topological polar surface area (TPSA) is 92.1 Å². The van der Waals surface area contributed by atoms with E-state index in [0.717, 1.165) is 5.69 Å². The van der Waals surface area contributed by atoms with Crippen LogP contribution < -0.4 is 10.6 Å². The molecule has 0 spiro atoms. The van der Waals surface area contributed by atoms with Crippen LogP contribution in [0.3, 0.4) is 0 Å². The van der Waals surface area contributed by atoms with Crippen molar-refractivity contribution in [2.45, 2.75) is 26.4 Å². The Morgan fingerprint density at radius 2 is 1.86 bits per heavy atom. The van der Waals surface area contributed by atoms with E-state index in [9.17, 15) is 9.90 Å². The summed E-state index contributed by atoms with van der Waals surface area (Å²) in [5.41, 5.74) is 1.49. The molecule has 3 N–H and O–H groups in total. The summed E-state index contributed by atoms with van der Waals surface area (Å²) < 4.78 is 0. The van der Waals surface area contributed by atoms with Gasteiger partial charge in [-0.3, -0.25) is 0 Å². The lowest BCUT2D eigenvalue weighted by atomic mass is 10.0. The minimum Gasteiger partial charge on any atom is -0.393 e. The second kappa shape index (κ2) is 7.56. The van der Waals surface area contributed by atoms with Crippen molar-refractivity contribution in [3.63, 3.8) is 0 Å². The van der Waals surface area contributed by atoms with Gasteiger partial charge in [0.25, 0.3) is 0 Å². The monoisotopic (exact) mass is 303 g/mol. The van der Waals surface area contributed by atoms with Crippen LogP contribution in [0.1, 0.15) is 20.3 Å². The summed E-state index contributed by atoms with van der Waals surface area (Å²) in [4.78, 5) is 13.2. The Kier molecular flexibility index (Phi) is 5.48. The van der Waals surface area contributed by atoms with E-state index < -0.39 is 6.10 Å². The molecule has 0 fully saturated rings. The summed E-state index contributed by atoms with van der Waals surface area (Å²) in [7, 11) is 0. The summed E-state index contributed by atoms with van der Waals surface area (Å²) >= 11 is 0. The number of hydrogen-bond acceptors (Lipinski definition) is 4. The first-order valence-corrected chi connectivity index (χ1v) is 7.26. The highest BCUT2D eigenvalue weighted by Crippen LogP contribution is 2.11. The number of anilines is 1. The second-order valence-electron chi connectivity index (χ2n) is 5.35. The van der Waals surface area contributed by atoms with Crippen molar-refractivity contribution in [1.29, 1.82) is 0 Å². The zero-order valence-electron chi connectivity index (χ0n) is 12.7. The summed E-state index contributed by atoms with van der Waals surface area (Å²) in [5.74, 6) is 0.188. The highest BCUT2D eigenvalue weighted by molar-refractivity contribution is 5.89. The number of carbonyl (C=O) groups excluding carboxylic acids is 1. The van der Waals surface area contributed by atoms with E-state index in [1.165, 1.54) is 4.80 Å². The molecule has 2 aromatic rings. The van der Waals surface area contributed by atoms with Crippen LogP contribution in [0, 0.1) is 5.92 Å². The fraction of sp³-hybridized carbons (Fsp3) is 0.400. The lowest BCUT2D eigenvalue weighted by molar-refractivity contribution is 0.117. The van der Waals surface area contributed by atoms with Gasteiger partial charge in [0.1, 0.15) is 0 Å². The summed E-state index contributed by atoms with van der Waals surface area (Å²) in [6, 6.07) is 6.90. The van der Waals surface area contributed by atoms with E-state index in [0.29, 0.717) is 18.7 Å². The minimum atomic E-state index is -0.402. The maximum atomic E-state index is 11.7. The van der Waals surface area contributed by atoms with Crippen LogP contribution in [-0.4, -0.2) is 38.8 Å². The smallest absolute Gasteiger partial charge is 0.319 e. The molecule has 118 valence electrons. The maximum Gasteiger partial charge on any atom is 0.319 e. The minimum absolute atomic E-state index is 0.188. The average molecular weight is 303 g/mol. The van der Waals surface area contributed by atoms with E-state index in [4.69, 9.17) is 0 Å². The van der Waals surface area contributed by atoms with Crippen LogP contribution in [0.15, 0.2) is 36.7 Å². The molecule has 7 heteroatoms. The molecule has 22 heavy (non-hydrogen) atoms. The van der Waals surface area contributed by atoms with Crippen molar-refractivity contribution >= 4 is 11.7 Å². The van der Waals surface area contributed by atoms with E-state index in [1.54, 1.807) is 24.5 Å². The van der Waals surface area contributed by atoms with Crippen LogP contribution in [0.2, 0.25) is 0 Å². The summed E-state index contributed by atoms with van der Waals surface area (Å²) in [5, 5.41) is 23.2. The first-order chi connectivity index (χ1) is 10.6. The number of benzene rings is 1. The Balaban J connectivity index is 1.79. The van der Waals surface area contributed by atoms with Gasteiger partial charge in [-0.05, 0) is 36.6 Å². The van der Waals surface area contributed by atoms with E-state index in [2.05, 4.69) is 20.8 Å². The largest absolute Gasteiger partial charge is 0.393 e. The average Bonchev–Trinajstić information content (AvgIpc) is 3.02. The van der Waals surface area contributed by atoms with Crippen LogP contribution >= 0.6 is 0 Å². The molecule has 1 unspecified atom stereocenters. The number of nitrogens with one attached hydrogen (secondary N) is 2. The third-order valence-electron chi connectivity index (χ3n) is 3.27. The van der Waals surface area contributed by atoms with Crippen molar-refractivity contribution < 1.29 is 9.90 Å². The number of carbonyl (C=O) groups is 1. The van der Waals surface area contributed by atoms with Crippen LogP contribution in [0.5, 0.6) is 0 Å². The number of nitrogens with zero attached hydrogens (tertiary/aromatic N) is 3. The molecule has 1 aromatic heterocycles. The van der Waals surface area contributed by atoms with Gasteiger partial charge in [-0.1, -0.05) is 13.8 Å². The SMILES string of the molecule is CC(C)C(O)CCNC(=O)Nc1ccc(-n2nccn2)cc1. The number of aliphatic hydroxyl groups excluding tert-OH is 1. The Bertz CT molecular complexity index is 580. The molecule has 0 saturated carbocycles. The van der Waals surface area contributed by atoms with Gasteiger partial charge >= 0.3 is 6.03 Å². The molecular formula is C15H21N5O2. The third kappa shape index (κ3) is 4.56. The first-order valence-electron chi connectivity index (χ1n) is 7.26. The van der Waals surface area contributed by atoms with Gasteiger partial charge in [0.15, 0.2) is 0 Å². The standard InChI is InChI=1S/C15H21N5O2/c1-11(2)14(21)7-8-16-15(22)19-12-3-5-13(6-4-12)20-17-9-10-18-20/h3-6,9-11,14,21H,7-8H2,1-2H3,(H2,16,19,22). The zero-order chi connectivity index (χ0) is 15.9. The number of hydrogen-bond donors (Lipinski definition) is 3. The summed E-state index contributed by atoms with van der Waals surface area (Å²) in [6.07, 6.45) is 3.34. The van der Waals surface area contributed by atoms with Crippen molar-refractivity contribution in [3.05, 3.63) is 36.7 Å². The van der Waals surface area contributed by atoms with Crippen LogP contribution in [0.4, 0.5) is 10.5 Å². The highest BCUT2D eigenvalue weighted by atomic mass is 16.3. The summed E-state index contributed by atoms with van der Waals surface area (Å²) in [6.45, 7) is 4.32. The molecule has 0 bridgehead atoms. The number of urea groups is 1. The lowest BCUT2D eigenvalue weighted by Crippen LogP contribution is -2.32. The van der Waals surface area contributed by atoms with E-state index in [1.807, 2.05) is 26.0 Å². The Morgan fingerprint density at radius 1 is 1.23 bits per heavy atom. The molecule has 7 nitrogen and oxygen atoms in total. The van der Waals surface area contributed by atoms with Gasteiger partial charge in [-0.15, -0.1) is 0 Å². The molecule has 2 amide bonds. The molecule has 0 radical (unpaired) electrons. The maximum absolute atomic E-state index is 11.7. The Hall–Kier alpha value is -2.41. The predicted octanol–water partition coefficient (Wildman–Crippen LogP) is 1.80. The molecule has 0 saturated heterocycles. The molecule has 2 rings (SSSR count). The van der Waals surface area contributed by atoms with Crippen molar-refractivity contribution in [2.75, 3.05) is 11.9 Å². The highest BCUT2D eigenvalue weighted by Gasteiger charge is 2.09. The van der Waals surface area contributed by atoms with Crippen molar-refractivity contribution in [2.24, 2.45) is 5.92 Å². The normalized spacial score (nSPS) is 12.2. The van der Waals surface area contributed by atoms with Gasteiger partial charge < -0.3 is 15.7 Å². The fourth-order valence-electron chi connectivity index (χ4n) is 1.87. The molecule has 1 heterocycles. The van der Waals surface area contributed by atoms with E-state index in [-0.39, 0.29) is 11.9 Å². The fourth-order valence-corrected chi connectivity index (χ4v) is 1.87.